The van der Waals surface area contributed by atoms with E-state index in [1.54, 1.807) is 0 Å². The van der Waals surface area contributed by atoms with Crippen LogP contribution >= 0.6 is 24.0 Å². The number of nitrogens with two attached hydrogens (primary N) is 1. The van der Waals surface area contributed by atoms with Crippen molar-refractivity contribution in [2.45, 2.75) is 12.1 Å². The molecule has 0 aliphatic carbocycles. The fourth-order valence-corrected chi connectivity index (χ4v) is 1.28. The molecule has 0 aliphatic rings. The molecule has 0 heterocycles. The molecule has 0 radical (unpaired) electrons. The van der Waals surface area contributed by atoms with E-state index < -0.39 is 18.6 Å². The Morgan fingerprint density at radius 2 is 1.67 bits per heavy atom. The molecule has 0 aliphatic heterocycles. The lowest BCUT2D eigenvalue weighted by molar-refractivity contribution is -0.148. The highest BCUT2D eigenvalue weighted by Gasteiger charge is 2.39. The summed E-state index contributed by atoms with van der Waals surface area (Å²) in [6, 6.07) is 5.53. The van der Waals surface area contributed by atoms with E-state index in [9.17, 15) is 13.2 Å². The van der Waals surface area contributed by atoms with Crippen LogP contribution in [0, 0.1) is 0 Å². The molecule has 0 spiro atoms. The van der Waals surface area contributed by atoms with Gasteiger partial charge in [-0.3, -0.25) is 0 Å². The molecule has 2 N–H and O–H groups in total. The van der Waals surface area contributed by atoms with Crippen LogP contribution in [0.3, 0.4) is 0 Å². The van der Waals surface area contributed by atoms with Crippen LogP contribution in [0.1, 0.15) is 11.5 Å². The van der Waals surface area contributed by atoms with Gasteiger partial charge in [-0.15, -0.1) is 12.4 Å². The van der Waals surface area contributed by atoms with Crippen molar-refractivity contribution in [3.05, 3.63) is 34.9 Å². The molecule has 86 valence electrons. The summed E-state index contributed by atoms with van der Waals surface area (Å²) in [7, 11) is 0. The summed E-state index contributed by atoms with van der Waals surface area (Å²) in [5.41, 5.74) is 5.22. The van der Waals surface area contributed by atoms with Crippen LogP contribution in [0.25, 0.3) is 0 Å². The fraction of sp³-hybridized carbons (Fsp3) is 0.333. The smallest absolute Gasteiger partial charge is 0.330 e. The molecule has 0 aromatic heterocycles. The van der Waals surface area contributed by atoms with Gasteiger partial charge in [0.15, 0.2) is 0 Å². The Morgan fingerprint density at radius 3 is 2.00 bits per heavy atom. The van der Waals surface area contributed by atoms with Crippen LogP contribution < -0.4 is 5.73 Å². The third-order valence-electron chi connectivity index (χ3n) is 1.90. The lowest BCUT2D eigenvalue weighted by Gasteiger charge is -2.18. The summed E-state index contributed by atoms with van der Waals surface area (Å²) in [6.07, 6.45) is -4.30. The third kappa shape index (κ3) is 3.89. The Labute approximate surface area is 96.8 Å². The summed E-state index contributed by atoms with van der Waals surface area (Å²) in [5.74, 6) is -1.61. The summed E-state index contributed by atoms with van der Waals surface area (Å²) in [6.45, 7) is -0.453. The SMILES string of the molecule is Cl.NCC(c1ccc(Cl)cc1)C(F)(F)F. The number of rotatable bonds is 2. The summed E-state index contributed by atoms with van der Waals surface area (Å²) in [5, 5.41) is 0.409. The zero-order chi connectivity index (χ0) is 10.8. The predicted octanol–water partition coefficient (Wildman–Crippen LogP) is 3.37. The van der Waals surface area contributed by atoms with Crippen molar-refractivity contribution in [3.63, 3.8) is 0 Å². The lowest BCUT2D eigenvalue weighted by atomic mass is 9.99. The van der Waals surface area contributed by atoms with E-state index in [2.05, 4.69) is 0 Å². The molecule has 1 nitrogen and oxygen atoms in total. The number of hydrogen-bond acceptors (Lipinski definition) is 1. The first kappa shape index (κ1) is 14.6. The average molecular weight is 260 g/mol. The van der Waals surface area contributed by atoms with Crippen LogP contribution in [-0.2, 0) is 0 Å². The Kier molecular flexibility index (Phi) is 5.42. The van der Waals surface area contributed by atoms with Gasteiger partial charge in [0.25, 0.3) is 0 Å². The maximum atomic E-state index is 12.4. The second-order valence-corrected chi connectivity index (χ2v) is 3.32. The zero-order valence-electron chi connectivity index (χ0n) is 7.59. The molecule has 6 heteroatoms. The van der Waals surface area contributed by atoms with Crippen molar-refractivity contribution in [1.29, 1.82) is 0 Å². The number of benzene rings is 1. The summed E-state index contributed by atoms with van der Waals surface area (Å²) >= 11 is 5.56. The second kappa shape index (κ2) is 5.58. The second-order valence-electron chi connectivity index (χ2n) is 2.88. The topological polar surface area (TPSA) is 26.0 Å². The van der Waals surface area contributed by atoms with Crippen molar-refractivity contribution < 1.29 is 13.2 Å². The van der Waals surface area contributed by atoms with Gasteiger partial charge in [0.1, 0.15) is 0 Å². The van der Waals surface area contributed by atoms with Crippen molar-refractivity contribution in [2.75, 3.05) is 6.54 Å². The monoisotopic (exact) mass is 259 g/mol. The van der Waals surface area contributed by atoms with Crippen LogP contribution in [0.5, 0.6) is 0 Å². The third-order valence-corrected chi connectivity index (χ3v) is 2.16. The van der Waals surface area contributed by atoms with E-state index in [0.29, 0.717) is 5.02 Å². The Bertz CT molecular complexity index is 297. The highest BCUT2D eigenvalue weighted by Crippen LogP contribution is 2.34. The van der Waals surface area contributed by atoms with Crippen LogP contribution in [0.2, 0.25) is 5.02 Å². The zero-order valence-corrected chi connectivity index (χ0v) is 9.16. The Morgan fingerprint density at radius 1 is 1.20 bits per heavy atom. The quantitative estimate of drug-likeness (QED) is 0.866. The normalized spacial score (nSPS) is 13.1. The molecule has 0 amide bonds. The van der Waals surface area contributed by atoms with Gasteiger partial charge in [-0.2, -0.15) is 13.2 Å². The van der Waals surface area contributed by atoms with E-state index in [-0.39, 0.29) is 18.0 Å². The highest BCUT2D eigenvalue weighted by molar-refractivity contribution is 6.30. The Hall–Kier alpha value is -0.450. The largest absolute Gasteiger partial charge is 0.396 e. The van der Waals surface area contributed by atoms with Crippen LogP contribution in [-0.4, -0.2) is 12.7 Å². The maximum absolute atomic E-state index is 12.4. The average Bonchev–Trinajstić information content (AvgIpc) is 2.07. The van der Waals surface area contributed by atoms with Gasteiger partial charge in [0.05, 0.1) is 5.92 Å². The highest BCUT2D eigenvalue weighted by atomic mass is 35.5. The number of alkyl halides is 3. The molecule has 0 fully saturated rings. The van der Waals surface area contributed by atoms with Crippen molar-refractivity contribution in [3.8, 4) is 0 Å². The molecule has 1 aromatic carbocycles. The van der Waals surface area contributed by atoms with Gasteiger partial charge >= 0.3 is 6.18 Å². The van der Waals surface area contributed by atoms with E-state index in [1.807, 2.05) is 0 Å². The molecular weight excluding hydrogens is 250 g/mol. The van der Waals surface area contributed by atoms with E-state index in [0.717, 1.165) is 0 Å². The molecule has 1 aromatic rings. The molecular formula is C9H10Cl2F3N. The van der Waals surface area contributed by atoms with E-state index in [1.165, 1.54) is 24.3 Å². The van der Waals surface area contributed by atoms with Gasteiger partial charge < -0.3 is 5.73 Å². The first-order valence-corrected chi connectivity index (χ1v) is 4.35. The molecule has 1 atom stereocenters. The van der Waals surface area contributed by atoms with Crippen molar-refractivity contribution in [1.82, 2.24) is 0 Å². The minimum atomic E-state index is -4.30. The Balaban J connectivity index is 0.00000196. The molecule has 1 rings (SSSR count). The summed E-state index contributed by atoms with van der Waals surface area (Å²) < 4.78 is 37.2. The van der Waals surface area contributed by atoms with Gasteiger partial charge in [-0.25, -0.2) is 0 Å². The molecule has 0 saturated carbocycles. The number of halogens is 5. The summed E-state index contributed by atoms with van der Waals surface area (Å²) in [4.78, 5) is 0. The predicted molar refractivity (Wildman–Crippen MR) is 56.6 cm³/mol. The van der Waals surface area contributed by atoms with Gasteiger partial charge in [0.2, 0.25) is 0 Å². The molecule has 1 unspecified atom stereocenters. The van der Waals surface area contributed by atoms with Gasteiger partial charge in [-0.05, 0) is 17.7 Å². The van der Waals surface area contributed by atoms with Crippen molar-refractivity contribution in [2.24, 2.45) is 5.73 Å². The van der Waals surface area contributed by atoms with Crippen molar-refractivity contribution >= 4 is 24.0 Å². The van der Waals surface area contributed by atoms with E-state index >= 15 is 0 Å². The maximum Gasteiger partial charge on any atom is 0.396 e. The van der Waals surface area contributed by atoms with Gasteiger partial charge in [-0.1, -0.05) is 23.7 Å². The standard InChI is InChI=1S/C9H9ClF3N.ClH/c10-7-3-1-6(2-4-7)8(5-14)9(11,12)13;/h1-4,8H,5,14H2;1H. The molecule has 0 bridgehead atoms. The first-order valence-electron chi connectivity index (χ1n) is 3.97. The van der Waals surface area contributed by atoms with Crippen LogP contribution in [0.4, 0.5) is 13.2 Å². The number of hydrogen-bond donors (Lipinski definition) is 1. The molecule has 0 saturated heterocycles. The van der Waals surface area contributed by atoms with Gasteiger partial charge in [0, 0.05) is 11.6 Å². The first-order chi connectivity index (χ1) is 6.45. The van der Waals surface area contributed by atoms with Crippen LogP contribution in [0.15, 0.2) is 24.3 Å². The van der Waals surface area contributed by atoms with E-state index in [4.69, 9.17) is 17.3 Å². The fourth-order valence-electron chi connectivity index (χ4n) is 1.15. The minimum Gasteiger partial charge on any atom is -0.330 e. The lowest BCUT2D eigenvalue weighted by Crippen LogP contribution is -2.27. The minimum absolute atomic E-state index is 0. The molecule has 15 heavy (non-hydrogen) atoms.